The number of aromatic nitrogens is 4. The third-order valence-electron chi connectivity index (χ3n) is 5.85. The lowest BCUT2D eigenvalue weighted by atomic mass is 10.2. The summed E-state index contributed by atoms with van der Waals surface area (Å²) in [5, 5.41) is 10.7. The lowest BCUT2D eigenvalue weighted by Crippen LogP contribution is -2.26. The minimum atomic E-state index is -3.41. The Hall–Kier alpha value is -3.48. The molecule has 3 atom stereocenters. The molecule has 2 aromatic carbocycles. The van der Waals surface area contributed by atoms with Gasteiger partial charge in [-0.25, -0.2) is 15.0 Å². The van der Waals surface area contributed by atoms with Crippen LogP contribution < -0.4 is 24.3 Å². The van der Waals surface area contributed by atoms with Crippen LogP contribution in [0, 0.1) is 0 Å². The van der Waals surface area contributed by atoms with Gasteiger partial charge in [0, 0.05) is 18.2 Å². The summed E-state index contributed by atoms with van der Waals surface area (Å²) >= 11 is 5.75. The number of hydrogen-bond acceptors (Lipinski definition) is 12. The molecule has 1 fully saturated rings. The van der Waals surface area contributed by atoms with E-state index in [4.69, 9.17) is 45.3 Å². The van der Waals surface area contributed by atoms with E-state index in [1.807, 2.05) is 0 Å². The van der Waals surface area contributed by atoms with Crippen molar-refractivity contribution < 1.29 is 32.9 Å². The minimum absolute atomic E-state index is 0.0784. The molecule has 5 rings (SSSR count). The van der Waals surface area contributed by atoms with Gasteiger partial charge >= 0.3 is 6.72 Å². The number of aliphatic hydroxyl groups excluding tert-OH is 1. The second-order valence-electron chi connectivity index (χ2n) is 8.29. The largest absolute Gasteiger partial charge is 0.497 e. The number of imidazole rings is 1. The molecule has 4 aromatic rings. The number of methoxy groups -OCH3 is 2. The molecule has 200 valence electrons. The van der Waals surface area contributed by atoms with Gasteiger partial charge in [0.2, 0.25) is 0 Å². The lowest BCUT2D eigenvalue weighted by Gasteiger charge is -2.25. The van der Waals surface area contributed by atoms with E-state index in [9.17, 15) is 5.11 Å². The number of rotatable bonds is 10. The van der Waals surface area contributed by atoms with Crippen molar-refractivity contribution in [2.45, 2.75) is 24.9 Å². The Bertz CT molecular complexity index is 1380. The van der Waals surface area contributed by atoms with Crippen LogP contribution in [0.2, 0.25) is 0 Å². The summed E-state index contributed by atoms with van der Waals surface area (Å²) in [6, 6.07) is 13.8. The molecule has 0 amide bonds. The van der Waals surface area contributed by atoms with E-state index in [1.54, 1.807) is 73.6 Å². The van der Waals surface area contributed by atoms with Crippen LogP contribution in [0.5, 0.6) is 23.0 Å². The first-order valence-corrected chi connectivity index (χ1v) is 14.1. The quantitative estimate of drug-likeness (QED) is 0.274. The number of nitrogen functional groups attached to an aromatic ring is 1. The SMILES string of the molecule is COc1ccc(OP(=S)(OCC2OC(n3cnc4c(N)ncnc43)CC2O)Oc2ccc(OC)cc2)cc1. The molecule has 0 bridgehead atoms. The molecule has 14 heteroatoms. The molecule has 1 aliphatic rings. The molecule has 3 unspecified atom stereocenters. The normalized spacial score (nSPS) is 19.4. The Kier molecular flexibility index (Phi) is 7.63. The average molecular weight is 560 g/mol. The minimum Gasteiger partial charge on any atom is -0.497 e. The van der Waals surface area contributed by atoms with Crippen molar-refractivity contribution in [3.8, 4) is 23.0 Å². The molecule has 38 heavy (non-hydrogen) atoms. The first-order chi connectivity index (χ1) is 18.4. The monoisotopic (exact) mass is 559 g/mol. The van der Waals surface area contributed by atoms with Gasteiger partial charge in [-0.1, -0.05) is 0 Å². The molecule has 1 saturated heterocycles. The summed E-state index contributed by atoms with van der Waals surface area (Å²) in [6.45, 7) is -3.49. The molecule has 0 aliphatic carbocycles. The molecule has 12 nitrogen and oxygen atoms in total. The second kappa shape index (κ2) is 11.1. The van der Waals surface area contributed by atoms with Gasteiger partial charge in [-0.05, 0) is 48.5 Å². The Labute approximate surface area is 223 Å². The van der Waals surface area contributed by atoms with Crippen LogP contribution in [0.4, 0.5) is 5.82 Å². The van der Waals surface area contributed by atoms with Crippen molar-refractivity contribution in [3.63, 3.8) is 0 Å². The van der Waals surface area contributed by atoms with Crippen LogP contribution in [0.15, 0.2) is 61.2 Å². The van der Waals surface area contributed by atoms with E-state index in [1.165, 1.54) is 6.33 Å². The Balaban J connectivity index is 1.32. The van der Waals surface area contributed by atoms with E-state index < -0.39 is 25.2 Å². The van der Waals surface area contributed by atoms with E-state index in [0.717, 1.165) is 0 Å². The molecule has 0 saturated carbocycles. The smallest absolute Gasteiger partial charge is 0.435 e. The third kappa shape index (κ3) is 5.66. The maximum Gasteiger partial charge on any atom is 0.435 e. The summed E-state index contributed by atoms with van der Waals surface area (Å²) in [5.41, 5.74) is 6.86. The van der Waals surface area contributed by atoms with E-state index in [2.05, 4.69) is 15.0 Å². The number of anilines is 1. The number of aliphatic hydroxyl groups is 1. The second-order valence-corrected chi connectivity index (χ2v) is 11.2. The number of nitrogens with two attached hydrogens (primary N) is 1. The van der Waals surface area contributed by atoms with Gasteiger partial charge in [0.05, 0.1) is 33.3 Å². The van der Waals surface area contributed by atoms with Crippen LogP contribution >= 0.6 is 6.72 Å². The summed E-state index contributed by atoms with van der Waals surface area (Å²) in [7, 11) is 3.15. The first kappa shape index (κ1) is 26.1. The van der Waals surface area contributed by atoms with Crippen molar-refractivity contribution in [2.24, 2.45) is 0 Å². The summed E-state index contributed by atoms with van der Waals surface area (Å²) in [4.78, 5) is 12.5. The van der Waals surface area contributed by atoms with Crippen molar-refractivity contribution in [3.05, 3.63) is 61.2 Å². The highest BCUT2D eigenvalue weighted by Crippen LogP contribution is 2.51. The summed E-state index contributed by atoms with van der Waals surface area (Å²) in [6.07, 6.45) is 1.09. The topological polar surface area (TPSA) is 145 Å². The molecule has 2 aromatic heterocycles. The van der Waals surface area contributed by atoms with Crippen molar-refractivity contribution in [2.75, 3.05) is 26.6 Å². The van der Waals surface area contributed by atoms with Gasteiger partial charge < -0.3 is 34.1 Å². The number of hydrogen-bond donors (Lipinski definition) is 2. The molecule has 3 N–H and O–H groups in total. The molecule has 0 radical (unpaired) electrons. The van der Waals surface area contributed by atoms with E-state index in [0.29, 0.717) is 34.2 Å². The van der Waals surface area contributed by atoms with Gasteiger partial charge in [-0.2, -0.15) is 0 Å². The third-order valence-corrected chi connectivity index (χ3v) is 7.95. The van der Waals surface area contributed by atoms with Crippen molar-refractivity contribution in [1.82, 2.24) is 19.5 Å². The zero-order chi connectivity index (χ0) is 26.7. The maximum atomic E-state index is 10.7. The standard InChI is InChI=1S/C24H26N5O7PS/c1-31-15-3-7-17(8-4-15)35-37(38,36-18-9-5-16(32-2)6-10-18)33-12-20-19(30)11-21(34-20)29-14-28-22-23(25)26-13-27-24(22)29/h3-10,13-14,19-21,30H,11-12H2,1-2H3,(H2,25,26,27). The first-order valence-electron chi connectivity index (χ1n) is 11.6. The van der Waals surface area contributed by atoms with E-state index in [-0.39, 0.29) is 18.8 Å². The molecular formula is C24H26N5O7PS. The fraction of sp³-hybridized carbons (Fsp3) is 0.292. The van der Waals surface area contributed by atoms with Gasteiger partial charge in [-0.15, -0.1) is 0 Å². The van der Waals surface area contributed by atoms with Crippen molar-refractivity contribution >= 4 is 35.5 Å². The van der Waals surface area contributed by atoms with Gasteiger partial charge in [0.15, 0.2) is 11.5 Å². The lowest BCUT2D eigenvalue weighted by molar-refractivity contribution is -0.0394. The zero-order valence-electron chi connectivity index (χ0n) is 20.5. The number of fused-ring (bicyclic) bond motifs is 1. The Morgan fingerprint density at radius 2 is 1.55 bits per heavy atom. The highest BCUT2D eigenvalue weighted by molar-refractivity contribution is 8.07. The molecule has 1 aliphatic heterocycles. The fourth-order valence-electron chi connectivity index (χ4n) is 3.88. The zero-order valence-corrected chi connectivity index (χ0v) is 22.2. The van der Waals surface area contributed by atoms with E-state index >= 15 is 0 Å². The predicted octanol–water partition coefficient (Wildman–Crippen LogP) is 3.47. The number of ether oxygens (including phenoxy) is 3. The molecule has 0 spiro atoms. The van der Waals surface area contributed by atoms with Crippen LogP contribution in [-0.4, -0.2) is 57.7 Å². The maximum absolute atomic E-state index is 10.7. The Morgan fingerprint density at radius 3 is 2.13 bits per heavy atom. The van der Waals surface area contributed by atoms with Crippen molar-refractivity contribution in [1.29, 1.82) is 0 Å². The van der Waals surface area contributed by atoms with Crippen LogP contribution in [-0.2, 0) is 21.1 Å². The fourth-order valence-corrected chi connectivity index (χ4v) is 5.82. The predicted molar refractivity (Wildman–Crippen MR) is 142 cm³/mol. The summed E-state index contributed by atoms with van der Waals surface area (Å²) < 4.78 is 36.3. The number of benzene rings is 2. The average Bonchev–Trinajstić information content (AvgIpc) is 3.52. The molecular weight excluding hydrogens is 533 g/mol. The van der Waals surface area contributed by atoms with Crippen LogP contribution in [0.1, 0.15) is 12.6 Å². The number of nitrogens with zero attached hydrogens (tertiary/aromatic N) is 4. The van der Waals surface area contributed by atoms with Gasteiger partial charge in [-0.3, -0.25) is 9.09 Å². The Morgan fingerprint density at radius 1 is 0.974 bits per heavy atom. The van der Waals surface area contributed by atoms with Crippen LogP contribution in [0.3, 0.4) is 0 Å². The van der Waals surface area contributed by atoms with Gasteiger partial charge in [0.1, 0.15) is 47.2 Å². The van der Waals surface area contributed by atoms with Gasteiger partial charge in [0.25, 0.3) is 0 Å². The molecule has 3 heterocycles. The van der Waals surface area contributed by atoms with Crippen LogP contribution in [0.25, 0.3) is 11.2 Å². The highest BCUT2D eigenvalue weighted by Gasteiger charge is 2.38. The highest BCUT2D eigenvalue weighted by atomic mass is 32.5. The summed E-state index contributed by atoms with van der Waals surface area (Å²) in [5.74, 6) is 2.47.